The molecule has 3 atom stereocenters. The summed E-state index contributed by atoms with van der Waals surface area (Å²) >= 11 is 0.378. The van der Waals surface area contributed by atoms with Crippen LogP contribution in [0.2, 0.25) is 0 Å². The van der Waals surface area contributed by atoms with Crippen LogP contribution in [0, 0.1) is 5.41 Å². The molecule has 1 aliphatic carbocycles. The molecule has 1 N–H and O–H groups in total. The third-order valence-electron chi connectivity index (χ3n) is 5.49. The third-order valence-corrected chi connectivity index (χ3v) is 7.18. The first-order chi connectivity index (χ1) is 10.7. The lowest BCUT2D eigenvalue weighted by atomic mass is 9.59. The van der Waals surface area contributed by atoms with E-state index in [1.807, 2.05) is 0 Å². The van der Waals surface area contributed by atoms with E-state index in [4.69, 9.17) is 9.47 Å². The SMILES string of the molecule is CCOC(=O)[C@H]1S[C@@]2(C(F)(F)F)C[C@@]1(O)C1(CCCCC1)CO2. The quantitative estimate of drug-likeness (QED) is 0.773. The summed E-state index contributed by atoms with van der Waals surface area (Å²) in [6, 6.07) is 0. The Balaban J connectivity index is 2.01. The van der Waals surface area contributed by atoms with Gasteiger partial charge in [0.2, 0.25) is 4.93 Å². The van der Waals surface area contributed by atoms with E-state index in [0.29, 0.717) is 24.6 Å². The predicted molar refractivity (Wildman–Crippen MR) is 77.8 cm³/mol. The number of halogens is 3. The first-order valence-electron chi connectivity index (χ1n) is 7.97. The Morgan fingerprint density at radius 3 is 2.57 bits per heavy atom. The summed E-state index contributed by atoms with van der Waals surface area (Å²) in [5, 5.41) is 10.0. The van der Waals surface area contributed by atoms with Crippen LogP contribution in [0.4, 0.5) is 13.2 Å². The summed E-state index contributed by atoms with van der Waals surface area (Å²) in [6.45, 7) is 1.50. The largest absolute Gasteiger partial charge is 0.465 e. The Morgan fingerprint density at radius 2 is 2.00 bits per heavy atom. The van der Waals surface area contributed by atoms with Gasteiger partial charge in [-0.3, -0.25) is 4.79 Å². The Labute approximate surface area is 137 Å². The monoisotopic (exact) mass is 354 g/mol. The third kappa shape index (κ3) is 2.40. The van der Waals surface area contributed by atoms with Crippen LogP contribution in [0.25, 0.3) is 0 Å². The van der Waals surface area contributed by atoms with Crippen LogP contribution >= 0.6 is 11.8 Å². The van der Waals surface area contributed by atoms with Crippen molar-refractivity contribution in [2.75, 3.05) is 13.2 Å². The zero-order valence-electron chi connectivity index (χ0n) is 12.9. The summed E-state index contributed by atoms with van der Waals surface area (Å²) < 4.78 is 50.9. The number of ether oxygens (including phenoxy) is 2. The van der Waals surface area contributed by atoms with Crippen LogP contribution in [0.15, 0.2) is 0 Å². The van der Waals surface area contributed by atoms with E-state index in [1.54, 1.807) is 6.92 Å². The van der Waals surface area contributed by atoms with Gasteiger partial charge in [-0.05, 0) is 19.8 Å². The molecule has 3 rings (SSSR count). The van der Waals surface area contributed by atoms with E-state index in [-0.39, 0.29) is 13.2 Å². The van der Waals surface area contributed by atoms with E-state index in [1.165, 1.54) is 0 Å². The van der Waals surface area contributed by atoms with Crippen molar-refractivity contribution >= 4 is 17.7 Å². The zero-order valence-corrected chi connectivity index (χ0v) is 13.8. The average Bonchev–Trinajstić information content (AvgIpc) is 2.77. The number of hydrogen-bond donors (Lipinski definition) is 1. The minimum absolute atomic E-state index is 0.0683. The first kappa shape index (κ1) is 17.4. The van der Waals surface area contributed by atoms with Crippen LogP contribution < -0.4 is 0 Å². The van der Waals surface area contributed by atoms with Gasteiger partial charge >= 0.3 is 12.1 Å². The summed E-state index contributed by atoms with van der Waals surface area (Å²) in [5.41, 5.74) is -2.53. The minimum Gasteiger partial charge on any atom is -0.465 e. The maximum Gasteiger partial charge on any atom is 0.427 e. The molecule has 0 aromatic rings. The van der Waals surface area contributed by atoms with Crippen LogP contribution in [-0.2, 0) is 14.3 Å². The molecular weight excluding hydrogens is 333 g/mol. The van der Waals surface area contributed by atoms with Gasteiger partial charge in [-0.25, -0.2) is 0 Å². The second kappa shape index (κ2) is 5.52. The molecule has 4 nitrogen and oxygen atoms in total. The number of hydrogen-bond acceptors (Lipinski definition) is 5. The fraction of sp³-hybridized carbons (Fsp3) is 0.933. The summed E-state index contributed by atoms with van der Waals surface area (Å²) in [6.07, 6.45) is -1.46. The maximum atomic E-state index is 13.6. The van der Waals surface area contributed by atoms with Crippen LogP contribution in [0.3, 0.4) is 0 Å². The lowest BCUT2D eigenvalue weighted by Crippen LogP contribution is -2.63. The average molecular weight is 354 g/mol. The summed E-state index contributed by atoms with van der Waals surface area (Å²) in [7, 11) is 0. The lowest BCUT2D eigenvalue weighted by Gasteiger charge is -2.53. The number of fused-ring (bicyclic) bond motifs is 3. The van der Waals surface area contributed by atoms with Gasteiger partial charge < -0.3 is 14.6 Å². The molecule has 0 amide bonds. The molecule has 0 aromatic carbocycles. The Morgan fingerprint density at radius 1 is 1.35 bits per heavy atom. The fourth-order valence-corrected chi connectivity index (χ4v) is 5.86. The Kier molecular flexibility index (Phi) is 4.17. The topological polar surface area (TPSA) is 55.8 Å². The van der Waals surface area contributed by atoms with Gasteiger partial charge in [0, 0.05) is 11.8 Å². The maximum absolute atomic E-state index is 13.6. The fourth-order valence-electron chi connectivity index (χ4n) is 4.22. The van der Waals surface area contributed by atoms with E-state index < -0.39 is 39.8 Å². The molecule has 2 bridgehead atoms. The molecule has 1 saturated carbocycles. The highest BCUT2D eigenvalue weighted by Crippen LogP contribution is 2.67. The smallest absolute Gasteiger partial charge is 0.427 e. The number of carbonyl (C=O) groups is 1. The van der Waals surface area contributed by atoms with E-state index in [2.05, 4.69) is 0 Å². The Hall–Kier alpha value is -0.470. The van der Waals surface area contributed by atoms with Crippen LogP contribution in [0.1, 0.15) is 45.4 Å². The number of esters is 1. The van der Waals surface area contributed by atoms with Crippen molar-refractivity contribution in [1.82, 2.24) is 0 Å². The molecular formula is C15H21F3O4S. The Bertz CT molecular complexity index is 492. The second-order valence-corrected chi connectivity index (χ2v) is 8.10. The van der Waals surface area contributed by atoms with Gasteiger partial charge in [0.15, 0.2) is 0 Å². The first-order valence-corrected chi connectivity index (χ1v) is 8.85. The van der Waals surface area contributed by atoms with E-state index in [0.717, 1.165) is 19.3 Å². The van der Waals surface area contributed by atoms with E-state index in [9.17, 15) is 23.1 Å². The van der Waals surface area contributed by atoms with E-state index >= 15 is 0 Å². The molecule has 3 fully saturated rings. The van der Waals surface area contributed by atoms with Gasteiger partial charge in [-0.2, -0.15) is 13.2 Å². The molecule has 3 aliphatic rings. The molecule has 8 heteroatoms. The van der Waals surface area contributed by atoms with Gasteiger partial charge in [0.25, 0.3) is 0 Å². The molecule has 1 spiro atoms. The van der Waals surface area contributed by atoms with Gasteiger partial charge in [0.05, 0.1) is 18.8 Å². The number of alkyl halides is 3. The molecule has 132 valence electrons. The van der Waals surface area contributed by atoms with Gasteiger partial charge in [-0.1, -0.05) is 31.0 Å². The number of aliphatic hydroxyl groups is 1. The van der Waals surface area contributed by atoms with Crippen molar-refractivity contribution in [3.63, 3.8) is 0 Å². The van der Waals surface area contributed by atoms with Crippen molar-refractivity contribution in [2.45, 2.75) is 67.4 Å². The molecule has 0 aromatic heterocycles. The van der Waals surface area contributed by atoms with Crippen LogP contribution in [-0.4, -0.2) is 46.2 Å². The zero-order chi connectivity index (χ0) is 16.9. The van der Waals surface area contributed by atoms with Gasteiger partial charge in [-0.15, -0.1) is 0 Å². The van der Waals surface area contributed by atoms with Crippen molar-refractivity contribution in [3.05, 3.63) is 0 Å². The molecule has 2 saturated heterocycles. The molecule has 2 heterocycles. The number of thioether (sulfide) groups is 1. The normalized spacial score (nSPS) is 39.4. The lowest BCUT2D eigenvalue weighted by molar-refractivity contribution is -0.295. The van der Waals surface area contributed by atoms with Crippen molar-refractivity contribution < 1.29 is 32.5 Å². The number of rotatable bonds is 2. The highest BCUT2D eigenvalue weighted by atomic mass is 32.2. The highest BCUT2D eigenvalue weighted by Gasteiger charge is 2.77. The van der Waals surface area contributed by atoms with Gasteiger partial charge in [0.1, 0.15) is 5.25 Å². The van der Waals surface area contributed by atoms with Crippen molar-refractivity contribution in [1.29, 1.82) is 0 Å². The summed E-state index contributed by atoms with van der Waals surface area (Å²) in [5.74, 6) is -0.776. The van der Waals surface area contributed by atoms with Crippen molar-refractivity contribution in [2.24, 2.45) is 5.41 Å². The molecule has 23 heavy (non-hydrogen) atoms. The molecule has 0 unspecified atom stereocenters. The number of carbonyl (C=O) groups excluding carboxylic acids is 1. The van der Waals surface area contributed by atoms with Crippen LogP contribution in [0.5, 0.6) is 0 Å². The predicted octanol–water partition coefficient (Wildman–Crippen LogP) is 3.03. The second-order valence-electron chi connectivity index (χ2n) is 6.73. The molecule has 0 radical (unpaired) electrons. The molecule has 2 aliphatic heterocycles. The minimum atomic E-state index is -4.65. The highest BCUT2D eigenvalue weighted by molar-refractivity contribution is 8.02. The standard InChI is InChI=1S/C15H21F3O4S/c1-2-21-11(19)10-13(20)8-14(23-10,15(16,17)18)22-9-12(13)6-4-3-5-7-12/h10,20H,2-9H2,1H3/t10-,13+,14-/m1/s1. The van der Waals surface area contributed by atoms with Crippen molar-refractivity contribution in [3.8, 4) is 0 Å². The summed E-state index contributed by atoms with van der Waals surface area (Å²) in [4.78, 5) is 9.75.